The van der Waals surface area contributed by atoms with Gasteiger partial charge in [-0.1, -0.05) is 48.6 Å². The highest BCUT2D eigenvalue weighted by atomic mass is 16.2. The van der Waals surface area contributed by atoms with E-state index in [2.05, 4.69) is 34.0 Å². The molecular formula is C22H18N4O. The first-order chi connectivity index (χ1) is 13.3. The molecule has 5 heteroatoms. The standard InChI is InChI=1S/C22H18N4O/c23-15-18-19(24-25-22(27)17-8-2-1-3-9-17)10-6-14-26-20-11-5-4-7-16(20)12-13-21(18)26/h1-5,7-13,24H,6,14H2,(H,25,27). The highest BCUT2D eigenvalue weighted by Crippen LogP contribution is 2.34. The third-order valence-electron chi connectivity index (χ3n) is 4.62. The Morgan fingerprint density at radius 3 is 2.63 bits per heavy atom. The van der Waals surface area contributed by atoms with E-state index < -0.39 is 0 Å². The van der Waals surface area contributed by atoms with E-state index >= 15 is 0 Å². The van der Waals surface area contributed by atoms with Gasteiger partial charge in [0.25, 0.3) is 5.91 Å². The molecule has 132 valence electrons. The Labute approximate surface area is 157 Å². The molecule has 27 heavy (non-hydrogen) atoms. The fraction of sp³-hybridized carbons (Fsp3) is 0.0909. The number of nitrogens with one attached hydrogen (secondary N) is 2. The first-order valence-corrected chi connectivity index (χ1v) is 8.79. The molecule has 2 aliphatic rings. The first kappa shape index (κ1) is 16.7. The van der Waals surface area contributed by atoms with Crippen LogP contribution in [0.5, 0.6) is 0 Å². The fourth-order valence-corrected chi connectivity index (χ4v) is 3.32. The summed E-state index contributed by atoms with van der Waals surface area (Å²) in [5.41, 5.74) is 10.4. The van der Waals surface area contributed by atoms with E-state index in [1.54, 1.807) is 12.1 Å². The monoisotopic (exact) mass is 354 g/mol. The summed E-state index contributed by atoms with van der Waals surface area (Å²) in [7, 11) is 0. The Morgan fingerprint density at radius 2 is 1.81 bits per heavy atom. The van der Waals surface area contributed by atoms with Gasteiger partial charge in [0.05, 0.1) is 11.4 Å². The molecule has 2 N–H and O–H groups in total. The zero-order chi connectivity index (χ0) is 18.6. The number of nitriles is 1. The Balaban J connectivity index is 1.61. The molecule has 5 nitrogen and oxygen atoms in total. The van der Waals surface area contributed by atoms with Crippen molar-refractivity contribution in [3.63, 3.8) is 0 Å². The molecule has 0 fully saturated rings. The average molecular weight is 354 g/mol. The number of allylic oxidation sites excluding steroid dienone is 2. The van der Waals surface area contributed by atoms with Gasteiger partial charge < -0.3 is 4.90 Å². The first-order valence-electron chi connectivity index (χ1n) is 8.79. The second-order valence-electron chi connectivity index (χ2n) is 6.27. The van der Waals surface area contributed by atoms with Crippen molar-refractivity contribution in [3.05, 3.63) is 94.8 Å². The van der Waals surface area contributed by atoms with Gasteiger partial charge in [-0.3, -0.25) is 15.6 Å². The van der Waals surface area contributed by atoms with Crippen LogP contribution in [0.3, 0.4) is 0 Å². The zero-order valence-electron chi connectivity index (χ0n) is 14.6. The lowest BCUT2D eigenvalue weighted by Crippen LogP contribution is -2.37. The summed E-state index contributed by atoms with van der Waals surface area (Å²) in [5, 5.41) is 9.79. The largest absolute Gasteiger partial charge is 0.340 e. The Hall–Kier alpha value is -3.78. The van der Waals surface area contributed by atoms with Crippen molar-refractivity contribution in [1.82, 2.24) is 10.9 Å². The highest BCUT2D eigenvalue weighted by Gasteiger charge is 2.24. The number of amides is 1. The van der Waals surface area contributed by atoms with E-state index in [0.29, 0.717) is 16.8 Å². The van der Waals surface area contributed by atoms with E-state index in [-0.39, 0.29) is 5.91 Å². The van der Waals surface area contributed by atoms with E-state index in [0.717, 1.165) is 29.9 Å². The zero-order valence-corrected chi connectivity index (χ0v) is 14.6. The minimum Gasteiger partial charge on any atom is -0.340 e. The number of hydrogen-bond donors (Lipinski definition) is 2. The van der Waals surface area contributed by atoms with Crippen molar-refractivity contribution in [2.24, 2.45) is 0 Å². The third kappa shape index (κ3) is 3.21. The fourth-order valence-electron chi connectivity index (χ4n) is 3.32. The second kappa shape index (κ2) is 7.22. The lowest BCUT2D eigenvalue weighted by molar-refractivity contribution is 0.0939. The van der Waals surface area contributed by atoms with E-state index in [1.165, 1.54) is 0 Å². The van der Waals surface area contributed by atoms with Gasteiger partial charge in [-0.05, 0) is 36.3 Å². The predicted molar refractivity (Wildman–Crippen MR) is 105 cm³/mol. The van der Waals surface area contributed by atoms with Crippen LogP contribution in [0.15, 0.2) is 83.7 Å². The number of fused-ring (bicyclic) bond motifs is 3. The molecule has 1 amide bonds. The van der Waals surface area contributed by atoms with Crippen LogP contribution < -0.4 is 15.8 Å². The van der Waals surface area contributed by atoms with Crippen molar-refractivity contribution in [3.8, 4) is 6.07 Å². The van der Waals surface area contributed by atoms with Crippen molar-refractivity contribution in [2.75, 3.05) is 11.4 Å². The quantitative estimate of drug-likeness (QED) is 0.828. The summed E-state index contributed by atoms with van der Waals surface area (Å²) < 4.78 is 0. The van der Waals surface area contributed by atoms with Gasteiger partial charge in [0, 0.05) is 17.8 Å². The lowest BCUT2D eigenvalue weighted by Gasteiger charge is -2.30. The van der Waals surface area contributed by atoms with Crippen LogP contribution in [0.1, 0.15) is 22.3 Å². The summed E-state index contributed by atoms with van der Waals surface area (Å²) >= 11 is 0. The number of hydrazine groups is 1. The number of hydrogen-bond acceptors (Lipinski definition) is 4. The number of rotatable bonds is 3. The summed E-state index contributed by atoms with van der Waals surface area (Å²) in [6, 6.07) is 19.4. The maximum atomic E-state index is 12.3. The van der Waals surface area contributed by atoms with Gasteiger partial charge >= 0.3 is 0 Å². The van der Waals surface area contributed by atoms with Crippen molar-refractivity contribution in [1.29, 1.82) is 5.26 Å². The van der Waals surface area contributed by atoms with Gasteiger partial charge in [0.15, 0.2) is 0 Å². The summed E-state index contributed by atoms with van der Waals surface area (Å²) in [4.78, 5) is 14.4. The van der Waals surface area contributed by atoms with Crippen LogP contribution in [0.4, 0.5) is 5.69 Å². The van der Waals surface area contributed by atoms with E-state index in [4.69, 9.17) is 0 Å². The molecule has 0 bridgehead atoms. The highest BCUT2D eigenvalue weighted by molar-refractivity contribution is 5.94. The number of para-hydroxylation sites is 1. The molecule has 4 rings (SSSR count). The smallest absolute Gasteiger partial charge is 0.269 e. The van der Waals surface area contributed by atoms with Crippen molar-refractivity contribution >= 4 is 17.7 Å². The van der Waals surface area contributed by atoms with Gasteiger partial charge in [0.2, 0.25) is 0 Å². The van der Waals surface area contributed by atoms with E-state index in [1.807, 2.05) is 48.6 Å². The molecule has 0 atom stereocenters. The summed E-state index contributed by atoms with van der Waals surface area (Å²) in [5.74, 6) is -0.246. The molecule has 0 saturated heterocycles. The number of anilines is 1. The van der Waals surface area contributed by atoms with Crippen LogP contribution in [0.25, 0.3) is 6.08 Å². The molecule has 0 spiro atoms. The Bertz CT molecular complexity index is 1010. The maximum absolute atomic E-state index is 12.3. The molecular weight excluding hydrogens is 336 g/mol. The van der Waals surface area contributed by atoms with Gasteiger partial charge in [0.1, 0.15) is 11.6 Å². The lowest BCUT2D eigenvalue weighted by atomic mass is 10.0. The molecule has 0 unspecified atom stereocenters. The topological polar surface area (TPSA) is 68.2 Å². The van der Waals surface area contributed by atoms with E-state index in [9.17, 15) is 10.1 Å². The predicted octanol–water partition coefficient (Wildman–Crippen LogP) is 3.52. The van der Waals surface area contributed by atoms with Gasteiger partial charge in [-0.2, -0.15) is 5.26 Å². The SMILES string of the molecule is N#CC1=C2C=Cc3ccccc3N2CCC=C1NNC(=O)c1ccccc1. The van der Waals surface area contributed by atoms with Crippen molar-refractivity contribution < 1.29 is 4.79 Å². The van der Waals surface area contributed by atoms with Gasteiger partial charge in [-0.25, -0.2) is 0 Å². The van der Waals surface area contributed by atoms with Crippen LogP contribution in [-0.4, -0.2) is 12.5 Å². The number of carbonyl (C=O) groups is 1. The molecule has 2 heterocycles. The molecule has 2 aliphatic heterocycles. The molecule has 0 saturated carbocycles. The van der Waals surface area contributed by atoms with Crippen molar-refractivity contribution in [2.45, 2.75) is 6.42 Å². The Morgan fingerprint density at radius 1 is 1.04 bits per heavy atom. The normalized spacial score (nSPS) is 15.1. The minimum atomic E-state index is -0.246. The maximum Gasteiger partial charge on any atom is 0.269 e. The molecule has 0 radical (unpaired) electrons. The van der Waals surface area contributed by atoms with Crippen LogP contribution in [0, 0.1) is 11.3 Å². The molecule has 2 aromatic rings. The van der Waals surface area contributed by atoms with Crippen LogP contribution >= 0.6 is 0 Å². The Kier molecular flexibility index (Phi) is 4.46. The minimum absolute atomic E-state index is 0.246. The summed E-state index contributed by atoms with van der Waals surface area (Å²) in [6.45, 7) is 0.764. The number of carbonyl (C=O) groups excluding carboxylic acids is 1. The van der Waals surface area contributed by atoms with Crippen LogP contribution in [-0.2, 0) is 0 Å². The molecule has 0 aromatic heterocycles. The molecule has 2 aromatic carbocycles. The van der Waals surface area contributed by atoms with Gasteiger partial charge in [-0.15, -0.1) is 0 Å². The second-order valence-corrected chi connectivity index (χ2v) is 6.27. The number of benzene rings is 2. The molecule has 0 aliphatic carbocycles. The number of nitrogens with zero attached hydrogens (tertiary/aromatic N) is 2. The summed E-state index contributed by atoms with van der Waals surface area (Å²) in [6.07, 6.45) is 6.68. The third-order valence-corrected chi connectivity index (χ3v) is 4.62. The average Bonchev–Trinajstić information content (AvgIpc) is 2.91. The van der Waals surface area contributed by atoms with Crippen LogP contribution in [0.2, 0.25) is 0 Å².